The van der Waals surface area contributed by atoms with Crippen LogP contribution in [0.2, 0.25) is 0 Å². The third kappa shape index (κ3) is 5.54. The van der Waals surface area contributed by atoms with Crippen molar-refractivity contribution in [2.24, 2.45) is 11.5 Å². The summed E-state index contributed by atoms with van der Waals surface area (Å²) in [5.41, 5.74) is 10.6. The van der Waals surface area contributed by atoms with Crippen molar-refractivity contribution in [3.8, 4) is 0 Å². The van der Waals surface area contributed by atoms with E-state index in [1.54, 1.807) is 0 Å². The zero-order chi connectivity index (χ0) is 8.85. The van der Waals surface area contributed by atoms with Gasteiger partial charge < -0.3 is 11.5 Å². The van der Waals surface area contributed by atoms with Crippen molar-refractivity contribution < 1.29 is 4.79 Å². The average Bonchev–Trinajstić information content (AvgIpc) is 1.86. The van der Waals surface area contributed by atoms with E-state index >= 15 is 0 Å². The molecule has 0 rings (SSSR count). The summed E-state index contributed by atoms with van der Waals surface area (Å²) in [5, 5.41) is 6.90. The number of rotatable bonds is 5. The Morgan fingerprint density at radius 3 is 2.55 bits per heavy atom. The topological polar surface area (TPSA) is 93.0 Å². The maximum atomic E-state index is 10.6. The fourth-order valence-electron chi connectivity index (χ4n) is 0.716. The maximum absolute atomic E-state index is 10.6. The molecule has 0 amide bonds. The Bertz CT molecular complexity index is 156. The van der Waals surface area contributed by atoms with Gasteiger partial charge in [0.1, 0.15) is 5.78 Å². The average molecular weight is 157 g/mol. The fourth-order valence-corrected chi connectivity index (χ4v) is 0.716. The molecular formula is C7H15N3O. The summed E-state index contributed by atoms with van der Waals surface area (Å²) in [7, 11) is 0. The third-order valence-corrected chi connectivity index (χ3v) is 1.48. The highest BCUT2D eigenvalue weighted by molar-refractivity contribution is 5.81. The normalized spacial score (nSPS) is 12.5. The molecule has 11 heavy (non-hydrogen) atoms. The second-order valence-electron chi connectivity index (χ2n) is 2.63. The lowest BCUT2D eigenvalue weighted by molar-refractivity contribution is -0.118. The molecule has 0 spiro atoms. The Balaban J connectivity index is 3.39. The summed E-state index contributed by atoms with van der Waals surface area (Å²) >= 11 is 0. The van der Waals surface area contributed by atoms with Crippen molar-refractivity contribution in [3.05, 3.63) is 0 Å². The summed E-state index contributed by atoms with van der Waals surface area (Å²) in [5.74, 6) is 0.148. The van der Waals surface area contributed by atoms with E-state index in [2.05, 4.69) is 0 Å². The molecule has 0 heterocycles. The Kier molecular flexibility index (Phi) is 4.45. The highest BCUT2D eigenvalue weighted by atomic mass is 16.1. The van der Waals surface area contributed by atoms with Crippen LogP contribution in [0.25, 0.3) is 0 Å². The molecule has 0 aliphatic rings. The van der Waals surface area contributed by atoms with Crippen LogP contribution in [0.1, 0.15) is 26.2 Å². The van der Waals surface area contributed by atoms with Gasteiger partial charge in [-0.3, -0.25) is 10.2 Å². The first-order valence-electron chi connectivity index (χ1n) is 3.63. The summed E-state index contributed by atoms with van der Waals surface area (Å²) in [6.45, 7) is 1.47. The van der Waals surface area contributed by atoms with Gasteiger partial charge in [0.15, 0.2) is 0 Å². The molecule has 64 valence electrons. The molecule has 5 N–H and O–H groups in total. The van der Waals surface area contributed by atoms with Gasteiger partial charge in [0.05, 0.1) is 11.9 Å². The summed E-state index contributed by atoms with van der Waals surface area (Å²) < 4.78 is 0. The Morgan fingerprint density at radius 2 is 2.18 bits per heavy atom. The zero-order valence-corrected chi connectivity index (χ0v) is 6.76. The van der Waals surface area contributed by atoms with Crippen molar-refractivity contribution in [3.63, 3.8) is 0 Å². The lowest BCUT2D eigenvalue weighted by atomic mass is 10.1. The highest BCUT2D eigenvalue weighted by Gasteiger charge is 2.06. The number of nitrogens with one attached hydrogen (secondary N) is 1. The highest BCUT2D eigenvalue weighted by Crippen LogP contribution is 1.98. The van der Waals surface area contributed by atoms with E-state index in [4.69, 9.17) is 16.9 Å². The van der Waals surface area contributed by atoms with E-state index < -0.39 is 0 Å². The second-order valence-corrected chi connectivity index (χ2v) is 2.63. The minimum Gasteiger partial charge on any atom is -0.388 e. The lowest BCUT2D eigenvalue weighted by Crippen LogP contribution is -2.28. The third-order valence-electron chi connectivity index (χ3n) is 1.48. The number of nitrogens with two attached hydrogens (primary N) is 2. The Morgan fingerprint density at radius 1 is 1.64 bits per heavy atom. The van der Waals surface area contributed by atoms with Crippen LogP contribution in [0.4, 0.5) is 0 Å². The molecule has 0 saturated carbocycles. The van der Waals surface area contributed by atoms with Crippen LogP contribution in [-0.4, -0.2) is 17.7 Å². The van der Waals surface area contributed by atoms with Crippen LogP contribution < -0.4 is 11.5 Å². The minimum absolute atomic E-state index is 0.00597. The van der Waals surface area contributed by atoms with Crippen molar-refractivity contribution in [2.75, 3.05) is 0 Å². The van der Waals surface area contributed by atoms with Gasteiger partial charge in [0, 0.05) is 6.42 Å². The summed E-state index contributed by atoms with van der Waals surface area (Å²) in [6.07, 6.45) is 1.87. The molecule has 1 unspecified atom stereocenters. The van der Waals surface area contributed by atoms with Crippen molar-refractivity contribution in [2.45, 2.75) is 32.2 Å². The van der Waals surface area contributed by atoms with Crippen LogP contribution in [0.5, 0.6) is 0 Å². The van der Waals surface area contributed by atoms with Gasteiger partial charge >= 0.3 is 0 Å². The molecule has 4 heteroatoms. The van der Waals surface area contributed by atoms with Crippen molar-refractivity contribution >= 4 is 11.6 Å². The predicted molar refractivity (Wildman–Crippen MR) is 44.4 cm³/mol. The fraction of sp³-hybridized carbons (Fsp3) is 0.714. The van der Waals surface area contributed by atoms with E-state index in [1.165, 1.54) is 6.92 Å². The molecule has 1 atom stereocenters. The molecule has 4 nitrogen and oxygen atoms in total. The quantitative estimate of drug-likeness (QED) is 0.387. The SMILES string of the molecule is CC(=O)C(N)CCCC(=N)N. The second kappa shape index (κ2) is 4.85. The zero-order valence-electron chi connectivity index (χ0n) is 6.76. The molecule has 0 aliphatic carbocycles. The summed E-state index contributed by atoms with van der Waals surface area (Å²) in [6, 6.07) is -0.380. The summed E-state index contributed by atoms with van der Waals surface area (Å²) in [4.78, 5) is 10.6. The monoisotopic (exact) mass is 157 g/mol. The number of carbonyl (C=O) groups excluding carboxylic acids is 1. The van der Waals surface area contributed by atoms with Crippen LogP contribution in [-0.2, 0) is 4.79 Å². The van der Waals surface area contributed by atoms with Crippen LogP contribution in [0, 0.1) is 5.41 Å². The lowest BCUT2D eigenvalue weighted by Gasteiger charge is -2.05. The number of Topliss-reactive ketones (excluding diaryl/α,β-unsaturated/α-hetero) is 1. The molecule has 0 aromatic heterocycles. The van der Waals surface area contributed by atoms with Crippen LogP contribution in [0.3, 0.4) is 0 Å². The molecule has 0 bridgehead atoms. The van der Waals surface area contributed by atoms with Crippen molar-refractivity contribution in [1.29, 1.82) is 5.41 Å². The molecule has 0 aromatic carbocycles. The van der Waals surface area contributed by atoms with E-state index in [1.807, 2.05) is 0 Å². The van der Waals surface area contributed by atoms with Crippen LogP contribution in [0.15, 0.2) is 0 Å². The number of hydrogen-bond acceptors (Lipinski definition) is 3. The number of hydrogen-bond donors (Lipinski definition) is 3. The Labute approximate surface area is 66.5 Å². The molecular weight excluding hydrogens is 142 g/mol. The maximum Gasteiger partial charge on any atom is 0.146 e. The molecule has 0 aromatic rings. The molecule has 0 saturated heterocycles. The number of ketones is 1. The first-order valence-corrected chi connectivity index (χ1v) is 3.63. The van der Waals surface area contributed by atoms with E-state index in [9.17, 15) is 4.79 Å². The van der Waals surface area contributed by atoms with Crippen LogP contribution >= 0.6 is 0 Å². The minimum atomic E-state index is -0.380. The molecule has 0 radical (unpaired) electrons. The van der Waals surface area contributed by atoms with Crippen molar-refractivity contribution in [1.82, 2.24) is 0 Å². The van der Waals surface area contributed by atoms with Gasteiger partial charge in [-0.2, -0.15) is 0 Å². The van der Waals surface area contributed by atoms with Gasteiger partial charge in [0.25, 0.3) is 0 Å². The molecule has 0 fully saturated rings. The molecule has 0 aliphatic heterocycles. The van der Waals surface area contributed by atoms with Gasteiger partial charge in [-0.1, -0.05) is 0 Å². The number of amidine groups is 1. The largest absolute Gasteiger partial charge is 0.388 e. The van der Waals surface area contributed by atoms with Gasteiger partial charge in [0.2, 0.25) is 0 Å². The van der Waals surface area contributed by atoms with Gasteiger partial charge in [-0.05, 0) is 19.8 Å². The van der Waals surface area contributed by atoms with E-state index in [0.717, 1.165) is 6.42 Å². The first kappa shape index (κ1) is 10.1. The van der Waals surface area contributed by atoms with E-state index in [0.29, 0.717) is 12.8 Å². The Hall–Kier alpha value is -0.900. The predicted octanol–water partition coefficient (Wildman–Crippen LogP) is 0.00897. The number of carbonyl (C=O) groups is 1. The van der Waals surface area contributed by atoms with Gasteiger partial charge in [-0.25, -0.2) is 0 Å². The smallest absolute Gasteiger partial charge is 0.146 e. The van der Waals surface area contributed by atoms with E-state index in [-0.39, 0.29) is 17.7 Å². The first-order chi connectivity index (χ1) is 5.04. The standard InChI is InChI=1S/C7H15N3O/c1-5(11)6(8)3-2-4-7(9)10/h6H,2-4,8H2,1H3,(H3,9,10). The van der Waals surface area contributed by atoms with Gasteiger partial charge in [-0.15, -0.1) is 0 Å².